The molecule has 18 heavy (non-hydrogen) atoms. The molecule has 5 heteroatoms. The molecule has 0 N–H and O–H groups in total. The summed E-state index contributed by atoms with van der Waals surface area (Å²) in [5, 5.41) is 8.93. The molecule has 0 aliphatic carbocycles. The lowest BCUT2D eigenvalue weighted by molar-refractivity contribution is 0.999. The van der Waals surface area contributed by atoms with Gasteiger partial charge in [0.15, 0.2) is 0 Å². The Kier molecular flexibility index (Phi) is 3.58. The summed E-state index contributed by atoms with van der Waals surface area (Å²) in [6.45, 7) is 1.78. The Morgan fingerprint density at radius 3 is 2.67 bits per heavy atom. The van der Waals surface area contributed by atoms with Crippen LogP contribution >= 0.6 is 15.9 Å². The monoisotopic (exact) mass is 302 g/mol. The van der Waals surface area contributed by atoms with Crippen molar-refractivity contribution < 1.29 is 0 Å². The number of nitrogens with zero attached hydrogens (tertiary/aromatic N) is 4. The molecule has 0 fully saturated rings. The first-order chi connectivity index (χ1) is 8.61. The predicted octanol–water partition coefficient (Wildman–Crippen LogP) is 3.19. The maximum absolute atomic E-state index is 8.93. The van der Waals surface area contributed by atoms with Crippen molar-refractivity contribution in [3.8, 4) is 6.07 Å². The van der Waals surface area contributed by atoms with Crippen molar-refractivity contribution in [3.05, 3.63) is 46.3 Å². The third kappa shape index (κ3) is 2.49. The highest BCUT2D eigenvalue weighted by molar-refractivity contribution is 9.10. The van der Waals surface area contributed by atoms with Crippen LogP contribution in [0.4, 0.5) is 11.5 Å². The molecule has 0 amide bonds. The van der Waals surface area contributed by atoms with Crippen LogP contribution in [0.1, 0.15) is 11.5 Å². The minimum absolute atomic E-state index is 0.372. The molecule has 0 bridgehead atoms. The van der Waals surface area contributed by atoms with Crippen molar-refractivity contribution in [1.29, 1.82) is 5.26 Å². The Morgan fingerprint density at radius 1 is 1.28 bits per heavy atom. The number of rotatable bonds is 2. The first-order valence-corrected chi connectivity index (χ1v) is 6.15. The van der Waals surface area contributed by atoms with Crippen LogP contribution in [0.2, 0.25) is 0 Å². The van der Waals surface area contributed by atoms with Gasteiger partial charge in [-0.2, -0.15) is 5.26 Å². The standard InChI is InChI=1S/C13H11BrN4/c1-9-16-10(8-15)7-13(17-9)18(2)12-6-4-3-5-11(12)14/h3-7H,1-2H3. The molecule has 1 aromatic carbocycles. The molecule has 90 valence electrons. The second kappa shape index (κ2) is 5.15. The van der Waals surface area contributed by atoms with E-state index in [0.29, 0.717) is 17.3 Å². The minimum Gasteiger partial charge on any atom is -0.328 e. The molecule has 0 spiro atoms. The van der Waals surface area contributed by atoms with Crippen molar-refractivity contribution in [2.24, 2.45) is 0 Å². The first-order valence-electron chi connectivity index (χ1n) is 5.36. The van der Waals surface area contributed by atoms with Gasteiger partial charge >= 0.3 is 0 Å². The molecule has 0 saturated heterocycles. The van der Waals surface area contributed by atoms with E-state index in [2.05, 4.69) is 25.9 Å². The SMILES string of the molecule is Cc1nc(C#N)cc(N(C)c2ccccc2Br)n1. The number of anilines is 2. The van der Waals surface area contributed by atoms with Gasteiger partial charge in [0.25, 0.3) is 0 Å². The van der Waals surface area contributed by atoms with E-state index in [1.807, 2.05) is 42.3 Å². The second-order valence-electron chi connectivity index (χ2n) is 3.78. The average molecular weight is 303 g/mol. The fraction of sp³-hybridized carbons (Fsp3) is 0.154. The van der Waals surface area contributed by atoms with E-state index in [4.69, 9.17) is 5.26 Å². The van der Waals surface area contributed by atoms with Gasteiger partial charge in [-0.15, -0.1) is 0 Å². The van der Waals surface area contributed by atoms with Gasteiger partial charge in [-0.25, -0.2) is 9.97 Å². The number of hydrogen-bond acceptors (Lipinski definition) is 4. The van der Waals surface area contributed by atoms with Gasteiger partial charge in [0.05, 0.1) is 5.69 Å². The summed E-state index contributed by atoms with van der Waals surface area (Å²) >= 11 is 3.50. The maximum Gasteiger partial charge on any atom is 0.146 e. The molecule has 2 rings (SSSR count). The Labute approximate surface area is 114 Å². The fourth-order valence-electron chi connectivity index (χ4n) is 1.63. The summed E-state index contributed by atoms with van der Waals surface area (Å²) in [6.07, 6.45) is 0. The van der Waals surface area contributed by atoms with Gasteiger partial charge in [-0.1, -0.05) is 12.1 Å². The van der Waals surface area contributed by atoms with Gasteiger partial charge in [0.2, 0.25) is 0 Å². The largest absolute Gasteiger partial charge is 0.328 e. The molecule has 0 radical (unpaired) electrons. The van der Waals surface area contributed by atoms with Crippen LogP contribution in [-0.2, 0) is 0 Å². The van der Waals surface area contributed by atoms with E-state index in [9.17, 15) is 0 Å². The Balaban J connectivity index is 2.47. The molecule has 0 saturated carbocycles. The Hall–Kier alpha value is -1.93. The van der Waals surface area contributed by atoms with E-state index < -0.39 is 0 Å². The lowest BCUT2D eigenvalue weighted by atomic mass is 10.3. The molecule has 4 nitrogen and oxygen atoms in total. The van der Waals surface area contributed by atoms with Crippen LogP contribution in [-0.4, -0.2) is 17.0 Å². The molecule has 0 unspecified atom stereocenters. The van der Waals surface area contributed by atoms with E-state index in [-0.39, 0.29) is 0 Å². The van der Waals surface area contributed by atoms with Gasteiger partial charge in [0.1, 0.15) is 23.4 Å². The van der Waals surface area contributed by atoms with Crippen LogP contribution in [0.5, 0.6) is 0 Å². The van der Waals surface area contributed by atoms with Crippen molar-refractivity contribution in [2.75, 3.05) is 11.9 Å². The van der Waals surface area contributed by atoms with Crippen LogP contribution in [0.25, 0.3) is 0 Å². The van der Waals surface area contributed by atoms with Crippen LogP contribution in [0.3, 0.4) is 0 Å². The zero-order chi connectivity index (χ0) is 13.1. The molecule has 1 aromatic heterocycles. The highest BCUT2D eigenvalue weighted by Crippen LogP contribution is 2.29. The number of nitriles is 1. The normalized spacial score (nSPS) is 9.89. The zero-order valence-electron chi connectivity index (χ0n) is 10.1. The van der Waals surface area contributed by atoms with Gasteiger partial charge in [-0.05, 0) is 35.0 Å². The molecule has 0 aliphatic heterocycles. The third-order valence-corrected chi connectivity index (χ3v) is 3.17. The summed E-state index contributed by atoms with van der Waals surface area (Å²) in [6, 6.07) is 11.6. The third-order valence-electron chi connectivity index (χ3n) is 2.50. The smallest absolute Gasteiger partial charge is 0.146 e. The molecule has 0 atom stereocenters. The second-order valence-corrected chi connectivity index (χ2v) is 4.64. The quantitative estimate of drug-likeness (QED) is 0.855. The first kappa shape index (κ1) is 12.5. The van der Waals surface area contributed by atoms with E-state index >= 15 is 0 Å². The summed E-state index contributed by atoms with van der Waals surface area (Å²) in [5.74, 6) is 1.29. The van der Waals surface area contributed by atoms with Gasteiger partial charge in [0, 0.05) is 17.6 Å². The maximum atomic E-state index is 8.93. The summed E-state index contributed by atoms with van der Waals surface area (Å²) in [4.78, 5) is 10.3. The molecule has 2 aromatic rings. The van der Waals surface area contributed by atoms with E-state index in [1.165, 1.54) is 0 Å². The zero-order valence-corrected chi connectivity index (χ0v) is 11.6. The lowest BCUT2D eigenvalue weighted by Crippen LogP contribution is -2.13. The van der Waals surface area contributed by atoms with Crippen molar-refractivity contribution in [2.45, 2.75) is 6.92 Å². The van der Waals surface area contributed by atoms with Gasteiger partial charge in [-0.3, -0.25) is 0 Å². The number of para-hydroxylation sites is 1. The number of benzene rings is 1. The van der Waals surface area contributed by atoms with Crippen LogP contribution in [0.15, 0.2) is 34.8 Å². The van der Waals surface area contributed by atoms with Crippen molar-refractivity contribution in [1.82, 2.24) is 9.97 Å². The number of halogens is 1. The molecule has 1 heterocycles. The average Bonchev–Trinajstić information content (AvgIpc) is 2.37. The Bertz CT molecular complexity index is 619. The number of hydrogen-bond donors (Lipinski definition) is 0. The summed E-state index contributed by atoms with van der Waals surface area (Å²) in [5.41, 5.74) is 1.36. The summed E-state index contributed by atoms with van der Waals surface area (Å²) < 4.78 is 0.974. The number of aryl methyl sites for hydroxylation is 1. The topological polar surface area (TPSA) is 52.8 Å². The van der Waals surface area contributed by atoms with Crippen molar-refractivity contribution in [3.63, 3.8) is 0 Å². The van der Waals surface area contributed by atoms with Gasteiger partial charge < -0.3 is 4.90 Å². The lowest BCUT2D eigenvalue weighted by Gasteiger charge is -2.19. The fourth-order valence-corrected chi connectivity index (χ4v) is 2.18. The molecular weight excluding hydrogens is 292 g/mol. The summed E-state index contributed by atoms with van der Waals surface area (Å²) in [7, 11) is 1.91. The predicted molar refractivity (Wildman–Crippen MR) is 73.7 cm³/mol. The van der Waals surface area contributed by atoms with Crippen LogP contribution in [0, 0.1) is 18.3 Å². The highest BCUT2D eigenvalue weighted by Gasteiger charge is 2.10. The number of aromatic nitrogens is 2. The van der Waals surface area contributed by atoms with E-state index in [1.54, 1.807) is 13.0 Å². The molecular formula is C13H11BrN4. The molecule has 0 aliphatic rings. The van der Waals surface area contributed by atoms with Crippen LogP contribution < -0.4 is 4.90 Å². The van der Waals surface area contributed by atoms with E-state index in [0.717, 1.165) is 10.2 Å². The minimum atomic E-state index is 0.372. The Morgan fingerprint density at radius 2 is 2.00 bits per heavy atom. The highest BCUT2D eigenvalue weighted by atomic mass is 79.9. The van der Waals surface area contributed by atoms with Crippen molar-refractivity contribution >= 4 is 27.4 Å².